The number of nitrogens with one attached hydrogen (secondary N) is 1. The maximum atomic E-state index is 11.5. The first-order valence-corrected chi connectivity index (χ1v) is 5.72. The van der Waals surface area contributed by atoms with Gasteiger partial charge in [-0.2, -0.15) is 0 Å². The summed E-state index contributed by atoms with van der Waals surface area (Å²) in [6, 6.07) is 0. The molecule has 0 bridgehead atoms. The highest BCUT2D eigenvalue weighted by molar-refractivity contribution is 5.84. The highest BCUT2D eigenvalue weighted by Crippen LogP contribution is 2.30. The number of hydrogen-bond acceptors (Lipinski definition) is 3. The van der Waals surface area contributed by atoms with Crippen LogP contribution in [-0.2, 0) is 9.59 Å². The van der Waals surface area contributed by atoms with Crippen LogP contribution < -0.4 is 11.1 Å². The summed E-state index contributed by atoms with van der Waals surface area (Å²) >= 11 is 0. The van der Waals surface area contributed by atoms with Crippen LogP contribution in [0.15, 0.2) is 0 Å². The van der Waals surface area contributed by atoms with Gasteiger partial charge in [-0.1, -0.05) is 13.8 Å². The highest BCUT2D eigenvalue weighted by Gasteiger charge is 2.36. The molecule has 0 rings (SSSR count). The number of nitrogens with two attached hydrogens (primary N) is 1. The Labute approximate surface area is 96.4 Å². The zero-order chi connectivity index (χ0) is 12.6. The molecule has 0 aliphatic heterocycles. The molecule has 0 radical (unpaired) electrons. The van der Waals surface area contributed by atoms with Crippen molar-refractivity contribution in [3.63, 3.8) is 0 Å². The lowest BCUT2D eigenvalue weighted by molar-refractivity contribution is -0.152. The minimum absolute atomic E-state index is 0.0416. The Balaban J connectivity index is 4.29. The quantitative estimate of drug-likeness (QED) is 0.536. The molecule has 4 N–H and O–H groups in total. The second-order valence-corrected chi connectivity index (χ2v) is 3.96. The van der Waals surface area contributed by atoms with E-state index in [2.05, 4.69) is 5.32 Å². The Morgan fingerprint density at radius 3 is 2.25 bits per heavy atom. The Kier molecular flexibility index (Phi) is 6.72. The van der Waals surface area contributed by atoms with Crippen LogP contribution in [0, 0.1) is 5.41 Å². The lowest BCUT2D eigenvalue weighted by Crippen LogP contribution is -2.37. The van der Waals surface area contributed by atoms with E-state index in [-0.39, 0.29) is 12.3 Å². The predicted molar refractivity (Wildman–Crippen MR) is 61.9 cm³/mol. The van der Waals surface area contributed by atoms with Gasteiger partial charge in [0.1, 0.15) is 0 Å². The lowest BCUT2D eigenvalue weighted by atomic mass is 9.79. The van der Waals surface area contributed by atoms with Crippen molar-refractivity contribution in [3.05, 3.63) is 0 Å². The highest BCUT2D eigenvalue weighted by atomic mass is 16.4. The normalized spacial score (nSPS) is 11.2. The third-order valence-electron chi connectivity index (χ3n) is 3.01. The molecule has 0 unspecified atom stereocenters. The number of rotatable bonds is 8. The summed E-state index contributed by atoms with van der Waals surface area (Å²) in [4.78, 5) is 22.7. The second kappa shape index (κ2) is 7.22. The monoisotopic (exact) mass is 230 g/mol. The van der Waals surface area contributed by atoms with Crippen molar-refractivity contribution in [3.8, 4) is 0 Å². The molecule has 0 spiro atoms. The van der Waals surface area contributed by atoms with Crippen LogP contribution in [-0.4, -0.2) is 30.1 Å². The average Bonchev–Trinajstić information content (AvgIpc) is 2.26. The predicted octanol–water partition coefficient (Wildman–Crippen LogP) is 0.733. The van der Waals surface area contributed by atoms with Gasteiger partial charge in [-0.3, -0.25) is 9.59 Å². The van der Waals surface area contributed by atoms with Crippen molar-refractivity contribution in [2.24, 2.45) is 11.1 Å². The van der Waals surface area contributed by atoms with Gasteiger partial charge in [0, 0.05) is 13.0 Å². The van der Waals surface area contributed by atoms with E-state index in [9.17, 15) is 9.59 Å². The molecular formula is C11H22N2O3. The average molecular weight is 230 g/mol. The van der Waals surface area contributed by atoms with Gasteiger partial charge in [-0.05, 0) is 25.8 Å². The zero-order valence-electron chi connectivity index (χ0n) is 10.1. The Morgan fingerprint density at radius 2 is 1.88 bits per heavy atom. The topological polar surface area (TPSA) is 92.4 Å². The molecule has 0 aliphatic carbocycles. The third-order valence-corrected chi connectivity index (χ3v) is 3.01. The van der Waals surface area contributed by atoms with Crippen LogP contribution in [0.4, 0.5) is 0 Å². The molecule has 5 nitrogen and oxygen atoms in total. The number of carboxylic acids is 1. The fraction of sp³-hybridized carbons (Fsp3) is 0.818. The van der Waals surface area contributed by atoms with Gasteiger partial charge >= 0.3 is 5.97 Å². The van der Waals surface area contributed by atoms with Crippen molar-refractivity contribution >= 4 is 11.9 Å². The van der Waals surface area contributed by atoms with Crippen LogP contribution in [0.3, 0.4) is 0 Å². The largest absolute Gasteiger partial charge is 0.481 e. The van der Waals surface area contributed by atoms with Gasteiger partial charge in [0.25, 0.3) is 0 Å². The molecule has 0 aromatic rings. The molecule has 0 saturated heterocycles. The van der Waals surface area contributed by atoms with Crippen LogP contribution in [0.2, 0.25) is 0 Å². The first-order valence-electron chi connectivity index (χ1n) is 5.72. The standard InChI is InChI=1S/C11H22N2O3/c1-3-11(4-2,10(15)16)8-9(14)13-7-5-6-12/h3-8,12H2,1-2H3,(H,13,14)(H,15,16). The Bertz CT molecular complexity index is 237. The molecule has 16 heavy (non-hydrogen) atoms. The van der Waals surface area contributed by atoms with E-state index >= 15 is 0 Å². The number of carbonyl (C=O) groups is 2. The molecule has 0 heterocycles. The Morgan fingerprint density at radius 1 is 1.31 bits per heavy atom. The van der Waals surface area contributed by atoms with E-state index in [1.807, 2.05) is 0 Å². The first kappa shape index (κ1) is 14.9. The van der Waals surface area contributed by atoms with Crippen LogP contribution >= 0.6 is 0 Å². The van der Waals surface area contributed by atoms with Crippen LogP contribution in [0.5, 0.6) is 0 Å². The minimum Gasteiger partial charge on any atom is -0.481 e. The number of aliphatic carboxylic acids is 1. The number of amides is 1. The van der Waals surface area contributed by atoms with Gasteiger partial charge in [-0.25, -0.2) is 0 Å². The summed E-state index contributed by atoms with van der Waals surface area (Å²) in [5.74, 6) is -1.11. The van der Waals surface area contributed by atoms with Crippen LogP contribution in [0.25, 0.3) is 0 Å². The second-order valence-electron chi connectivity index (χ2n) is 3.96. The maximum Gasteiger partial charge on any atom is 0.310 e. The van der Waals surface area contributed by atoms with Crippen molar-refractivity contribution < 1.29 is 14.7 Å². The molecular weight excluding hydrogens is 208 g/mol. The number of carbonyl (C=O) groups excluding carboxylic acids is 1. The maximum absolute atomic E-state index is 11.5. The van der Waals surface area contributed by atoms with Crippen molar-refractivity contribution in [2.75, 3.05) is 13.1 Å². The van der Waals surface area contributed by atoms with Gasteiger partial charge in [-0.15, -0.1) is 0 Å². The van der Waals surface area contributed by atoms with E-state index in [1.165, 1.54) is 0 Å². The smallest absolute Gasteiger partial charge is 0.310 e. The van der Waals surface area contributed by atoms with E-state index in [0.29, 0.717) is 32.4 Å². The van der Waals surface area contributed by atoms with Gasteiger partial charge in [0.05, 0.1) is 5.41 Å². The van der Waals surface area contributed by atoms with Crippen molar-refractivity contribution in [2.45, 2.75) is 39.5 Å². The summed E-state index contributed by atoms with van der Waals surface area (Å²) in [6.07, 6.45) is 1.68. The fourth-order valence-corrected chi connectivity index (χ4v) is 1.58. The van der Waals surface area contributed by atoms with Crippen LogP contribution in [0.1, 0.15) is 39.5 Å². The summed E-state index contributed by atoms with van der Waals surface area (Å²) < 4.78 is 0. The minimum atomic E-state index is -0.924. The van der Waals surface area contributed by atoms with E-state index < -0.39 is 11.4 Å². The molecule has 0 aromatic heterocycles. The molecule has 0 atom stereocenters. The molecule has 0 aromatic carbocycles. The van der Waals surface area contributed by atoms with Gasteiger partial charge in [0.2, 0.25) is 5.91 Å². The SMILES string of the molecule is CCC(CC)(CC(=O)NCCCN)C(=O)O. The molecule has 0 fully saturated rings. The Hall–Kier alpha value is -1.10. The first-order chi connectivity index (χ1) is 7.52. The van der Waals surface area contributed by atoms with E-state index in [1.54, 1.807) is 13.8 Å². The van der Waals surface area contributed by atoms with Gasteiger partial charge in [0.15, 0.2) is 0 Å². The van der Waals surface area contributed by atoms with Crippen molar-refractivity contribution in [1.29, 1.82) is 0 Å². The molecule has 0 saturated carbocycles. The summed E-state index contributed by atoms with van der Waals surface area (Å²) in [5.41, 5.74) is 4.37. The molecule has 0 aliphatic rings. The fourth-order valence-electron chi connectivity index (χ4n) is 1.58. The third kappa shape index (κ3) is 4.18. The summed E-state index contributed by atoms with van der Waals surface area (Å²) in [5, 5.41) is 11.8. The lowest BCUT2D eigenvalue weighted by Gasteiger charge is -2.25. The van der Waals surface area contributed by atoms with Crippen molar-refractivity contribution in [1.82, 2.24) is 5.32 Å². The summed E-state index contributed by atoms with van der Waals surface area (Å²) in [6.45, 7) is 4.62. The van der Waals surface area contributed by atoms with E-state index in [4.69, 9.17) is 10.8 Å². The number of hydrogen-bond donors (Lipinski definition) is 3. The number of carboxylic acid groups (broad SMARTS) is 1. The zero-order valence-corrected chi connectivity index (χ0v) is 10.1. The van der Waals surface area contributed by atoms with E-state index in [0.717, 1.165) is 0 Å². The summed E-state index contributed by atoms with van der Waals surface area (Å²) in [7, 11) is 0. The molecule has 1 amide bonds. The van der Waals surface area contributed by atoms with Gasteiger partial charge < -0.3 is 16.2 Å². The molecule has 94 valence electrons. The molecule has 5 heteroatoms.